The lowest BCUT2D eigenvalue weighted by Gasteiger charge is -2.44. The lowest BCUT2D eigenvalue weighted by atomic mass is 9.71. The number of aromatic hydroxyl groups is 2. The quantitative estimate of drug-likeness (QED) is 0.0254. The maximum atomic E-state index is 13.9. The molecule has 1 heterocycles. The molecule has 1 saturated heterocycles. The molecule has 0 saturated carbocycles. The molecule has 0 bridgehead atoms. The fourth-order valence-corrected chi connectivity index (χ4v) is 6.86. The molecule has 17 nitrogen and oxygen atoms in total. The maximum absolute atomic E-state index is 13.9. The number of ketones is 2. The van der Waals surface area contributed by atoms with E-state index >= 15 is 0 Å². The molecule has 2 aliphatic carbocycles. The summed E-state index contributed by atoms with van der Waals surface area (Å²) in [5, 5.41) is 49.3. The van der Waals surface area contributed by atoms with Gasteiger partial charge >= 0.3 is 0 Å². The van der Waals surface area contributed by atoms with Crippen LogP contribution in [0.4, 0.5) is 0 Å². The highest BCUT2D eigenvalue weighted by Crippen LogP contribution is 2.52. The predicted molar refractivity (Wildman–Crippen MR) is 173 cm³/mol. The van der Waals surface area contributed by atoms with Gasteiger partial charge in [0, 0.05) is 59.9 Å². The van der Waals surface area contributed by atoms with Crippen LogP contribution >= 0.6 is 0 Å². The zero-order chi connectivity index (χ0) is 36.3. The van der Waals surface area contributed by atoms with Crippen molar-refractivity contribution in [1.82, 2.24) is 10.9 Å². The van der Waals surface area contributed by atoms with Crippen molar-refractivity contribution in [1.29, 1.82) is 0 Å². The number of phenols is 2. The number of phenolic OH excluding ortho intramolecular Hbond substituents is 2. The summed E-state index contributed by atoms with van der Waals surface area (Å²) in [5.41, 5.74) is 15.9. The number of carbonyl (C=O) groups excluding carboxylic acids is 4. The smallest absolute Gasteiger partial charge is 0.234 e. The predicted octanol–water partition coefficient (Wildman–Crippen LogP) is 1.50. The number of carbonyl (C=O) groups is 4. The second kappa shape index (κ2) is 15.1. The van der Waals surface area contributed by atoms with Crippen LogP contribution in [-0.2, 0) is 25.5 Å². The number of fused-ring (bicyclic) bond motifs is 3. The monoisotopic (exact) mass is 696 g/mol. The number of methoxy groups -OCH3 is 1. The zero-order valence-corrected chi connectivity index (χ0v) is 27.5. The second-order valence-electron chi connectivity index (χ2n) is 12.7. The van der Waals surface area contributed by atoms with Gasteiger partial charge in [-0.3, -0.25) is 19.8 Å². The first-order chi connectivity index (χ1) is 23.9. The molecule has 1 amide bonds. The molecule has 0 spiro atoms. The Labute approximate surface area is 286 Å². The molecule has 5 rings (SSSR count). The van der Waals surface area contributed by atoms with Crippen LogP contribution in [0.3, 0.4) is 0 Å². The minimum absolute atomic E-state index is 0.0102. The Bertz CT molecular complexity index is 1720. The average Bonchev–Trinajstić information content (AvgIpc) is 3.08. The van der Waals surface area contributed by atoms with Crippen LogP contribution in [0.15, 0.2) is 23.3 Å². The van der Waals surface area contributed by atoms with Gasteiger partial charge in [0.05, 0.1) is 47.7 Å². The van der Waals surface area contributed by atoms with Crippen LogP contribution in [-0.4, -0.2) is 94.0 Å². The van der Waals surface area contributed by atoms with Crippen molar-refractivity contribution in [2.45, 2.75) is 94.2 Å². The van der Waals surface area contributed by atoms with Crippen molar-refractivity contribution in [2.24, 2.45) is 10.8 Å². The first-order valence-corrected chi connectivity index (χ1v) is 16.2. The van der Waals surface area contributed by atoms with Crippen molar-refractivity contribution >= 4 is 23.8 Å². The Morgan fingerprint density at radius 3 is 2.62 bits per heavy atom. The van der Waals surface area contributed by atoms with E-state index < -0.39 is 95.2 Å². The highest BCUT2D eigenvalue weighted by Gasteiger charge is 2.50. The Morgan fingerprint density at radius 1 is 1.20 bits per heavy atom. The number of rotatable bonds is 13. The first-order valence-electron chi connectivity index (χ1n) is 16.2. The number of hydrogen-bond acceptors (Lipinski definition) is 14. The van der Waals surface area contributed by atoms with Crippen molar-refractivity contribution in [3.05, 3.63) is 62.0 Å². The number of amides is 1. The number of aliphatic hydroxyl groups excluding tert-OH is 1. The zero-order valence-electron chi connectivity index (χ0n) is 27.5. The third-order valence-corrected chi connectivity index (χ3v) is 9.48. The minimum atomic E-state index is -2.11. The van der Waals surface area contributed by atoms with E-state index in [0.29, 0.717) is 32.1 Å². The van der Waals surface area contributed by atoms with E-state index in [1.54, 1.807) is 6.92 Å². The largest absolute Gasteiger partial charge is 0.507 e. The first kappa shape index (κ1) is 36.7. The SMILES string of the molecule is COc1cccc2c1C(=O)c1c(O)c3c(c(O)c1C2=O)C[C@@](O)(C(C=O)NNC(=O)CCCCCN=[N+]=[N-])C[C@@H]3O[C@H]1C[C@H](N)[C@H](O)[C@H](C)O1. The van der Waals surface area contributed by atoms with Gasteiger partial charge in [-0.15, -0.1) is 0 Å². The Balaban J connectivity index is 1.51. The van der Waals surface area contributed by atoms with E-state index in [1.165, 1.54) is 25.3 Å². The number of nitrogens with one attached hydrogen (secondary N) is 2. The summed E-state index contributed by atoms with van der Waals surface area (Å²) in [6, 6.07) is 2.10. The highest BCUT2D eigenvalue weighted by atomic mass is 16.7. The lowest BCUT2D eigenvalue weighted by Crippen LogP contribution is -2.60. The van der Waals surface area contributed by atoms with Gasteiger partial charge in [-0.25, -0.2) is 5.43 Å². The van der Waals surface area contributed by atoms with Gasteiger partial charge in [-0.1, -0.05) is 23.7 Å². The number of aliphatic hydroxyl groups is 2. The number of nitrogens with two attached hydrogens (primary N) is 1. The summed E-state index contributed by atoms with van der Waals surface area (Å²) in [6.45, 7) is 1.88. The molecule has 1 unspecified atom stereocenters. The number of hydrazine groups is 1. The molecule has 2 aromatic rings. The lowest BCUT2D eigenvalue weighted by molar-refractivity contribution is -0.248. The number of ether oxygens (including phenoxy) is 3. The van der Waals surface area contributed by atoms with E-state index in [0.717, 1.165) is 0 Å². The molecule has 8 N–H and O–H groups in total. The van der Waals surface area contributed by atoms with E-state index in [9.17, 15) is 39.6 Å². The van der Waals surface area contributed by atoms with Gasteiger partial charge < -0.3 is 45.2 Å². The highest BCUT2D eigenvalue weighted by molar-refractivity contribution is 6.31. The number of unbranched alkanes of at least 4 members (excludes halogenated alkanes) is 2. The van der Waals surface area contributed by atoms with Crippen molar-refractivity contribution in [2.75, 3.05) is 13.7 Å². The summed E-state index contributed by atoms with van der Waals surface area (Å²) in [6.07, 6.45) is -3.11. The topological polar surface area (TPSA) is 276 Å². The number of nitrogens with zero attached hydrogens (tertiary/aromatic N) is 3. The standard InChI is InChI=1S/C33H40N6O11/c1-15-28(42)18(34)11-23(49-15)50-20-13-33(47,21(14-40)37-38-22(41)9-4-3-5-10-36-39-35)12-17-25(20)32(46)27-26(30(17)44)29(43)16-7-6-8-19(48-2)24(16)31(27)45/h6-8,14-15,18,20-21,23,28,37,42,44,46-47H,3-5,9-13,34H2,1-2H3,(H,38,41)/t15-,18-,20-,21?,23-,28+,33-/m0/s1. The number of aldehydes is 1. The van der Waals surface area contributed by atoms with Crippen LogP contribution in [0.1, 0.15) is 94.5 Å². The van der Waals surface area contributed by atoms with Gasteiger partial charge in [-0.2, -0.15) is 0 Å². The molecule has 0 radical (unpaired) electrons. The van der Waals surface area contributed by atoms with Crippen molar-refractivity contribution < 1.29 is 53.8 Å². The van der Waals surface area contributed by atoms with Gasteiger partial charge in [0.1, 0.15) is 29.6 Å². The summed E-state index contributed by atoms with van der Waals surface area (Å²) in [4.78, 5) is 55.4. The minimum Gasteiger partial charge on any atom is -0.507 e. The molecule has 0 aromatic heterocycles. The third kappa shape index (κ3) is 6.89. The van der Waals surface area contributed by atoms with Crippen molar-refractivity contribution in [3.8, 4) is 17.2 Å². The van der Waals surface area contributed by atoms with Gasteiger partial charge in [0.15, 0.2) is 12.1 Å². The molecule has 2 aromatic carbocycles. The van der Waals surface area contributed by atoms with Crippen LogP contribution in [0.25, 0.3) is 10.4 Å². The molecule has 268 valence electrons. The van der Waals surface area contributed by atoms with Gasteiger partial charge in [0.25, 0.3) is 0 Å². The summed E-state index contributed by atoms with van der Waals surface area (Å²) < 4.78 is 17.4. The van der Waals surface area contributed by atoms with Crippen molar-refractivity contribution in [3.63, 3.8) is 0 Å². The fourth-order valence-electron chi connectivity index (χ4n) is 6.86. The average molecular weight is 697 g/mol. The van der Waals surface area contributed by atoms with Crippen LogP contribution in [0.2, 0.25) is 0 Å². The molecular weight excluding hydrogens is 656 g/mol. The Kier molecular flexibility index (Phi) is 11.1. The summed E-state index contributed by atoms with van der Waals surface area (Å²) in [7, 11) is 1.32. The fraction of sp³-hybridized carbons (Fsp3) is 0.515. The summed E-state index contributed by atoms with van der Waals surface area (Å²) >= 11 is 0. The normalized spacial score (nSPS) is 26.1. The van der Waals surface area contributed by atoms with E-state index in [1.807, 2.05) is 0 Å². The molecular formula is C33H40N6O11. The van der Waals surface area contributed by atoms with Gasteiger partial charge in [0.2, 0.25) is 11.7 Å². The summed E-state index contributed by atoms with van der Waals surface area (Å²) in [5.74, 6) is -3.35. The molecule has 50 heavy (non-hydrogen) atoms. The molecule has 17 heteroatoms. The van der Waals surface area contributed by atoms with Crippen LogP contribution in [0.5, 0.6) is 17.2 Å². The molecule has 3 aliphatic rings. The second-order valence-corrected chi connectivity index (χ2v) is 12.7. The molecule has 7 atom stereocenters. The molecule has 1 fully saturated rings. The maximum Gasteiger partial charge on any atom is 0.234 e. The van der Waals surface area contributed by atoms with Crippen LogP contribution in [0, 0.1) is 0 Å². The Hall–Kier alpha value is -4.61. The van der Waals surface area contributed by atoms with E-state index in [2.05, 4.69) is 20.9 Å². The third-order valence-electron chi connectivity index (χ3n) is 9.48. The molecule has 1 aliphatic heterocycles. The number of azide groups is 1. The number of benzene rings is 2. The van der Waals surface area contributed by atoms with E-state index in [-0.39, 0.29) is 40.8 Å². The van der Waals surface area contributed by atoms with E-state index in [4.69, 9.17) is 25.5 Å². The number of hydrogen-bond donors (Lipinski definition) is 7. The Morgan fingerprint density at radius 2 is 1.94 bits per heavy atom. The van der Waals surface area contributed by atoms with Crippen LogP contribution < -0.4 is 21.3 Å². The van der Waals surface area contributed by atoms with Gasteiger partial charge in [-0.05, 0) is 31.4 Å².